The first-order valence-corrected chi connectivity index (χ1v) is 9.92. The Hall–Kier alpha value is -3.32. The molecule has 7 nitrogen and oxygen atoms in total. The van der Waals surface area contributed by atoms with Crippen molar-refractivity contribution >= 4 is 40.0 Å². The summed E-state index contributed by atoms with van der Waals surface area (Å²) in [6, 6.07) is 10.4. The lowest BCUT2D eigenvalue weighted by Crippen LogP contribution is -2.32. The standard InChI is InChI=1S/C22H21ClN4O3/c1-11-15(17(10-21(29)24-11)13-3-5-18(23)20(28)7-13)9-22(30)25-14-4-6-19-16(8-14)12(2)26-27-19/h3-8,17,28H,9-10H2,1-2H3,(H,24,29)(H,25,30)(H,26,27). The Kier molecular flexibility index (Phi) is 5.22. The van der Waals surface area contributed by atoms with Gasteiger partial charge in [-0.15, -0.1) is 0 Å². The van der Waals surface area contributed by atoms with E-state index in [-0.39, 0.29) is 41.3 Å². The van der Waals surface area contributed by atoms with E-state index in [1.165, 1.54) is 0 Å². The van der Waals surface area contributed by atoms with E-state index >= 15 is 0 Å². The van der Waals surface area contributed by atoms with Crippen LogP contribution in [0.25, 0.3) is 10.9 Å². The Balaban J connectivity index is 1.58. The molecule has 4 N–H and O–H groups in total. The minimum atomic E-state index is -0.314. The number of carbonyl (C=O) groups excluding carboxylic acids is 2. The molecule has 1 atom stereocenters. The molecule has 4 rings (SSSR count). The maximum absolute atomic E-state index is 12.8. The minimum absolute atomic E-state index is 0.0506. The van der Waals surface area contributed by atoms with Gasteiger partial charge in [0.15, 0.2) is 0 Å². The number of phenolic OH excluding ortho intramolecular Hbond substituents is 1. The second kappa shape index (κ2) is 7.84. The number of nitrogens with one attached hydrogen (secondary N) is 3. The van der Waals surface area contributed by atoms with Crippen molar-refractivity contribution in [2.45, 2.75) is 32.6 Å². The zero-order valence-corrected chi connectivity index (χ0v) is 17.3. The second-order valence-corrected chi connectivity index (χ2v) is 7.88. The molecule has 1 aliphatic heterocycles. The fourth-order valence-corrected chi connectivity index (χ4v) is 3.94. The molecule has 0 saturated carbocycles. The van der Waals surface area contributed by atoms with Crippen molar-refractivity contribution in [1.29, 1.82) is 0 Å². The van der Waals surface area contributed by atoms with Crippen LogP contribution < -0.4 is 10.6 Å². The quantitative estimate of drug-likeness (QED) is 0.505. The zero-order valence-electron chi connectivity index (χ0n) is 16.5. The van der Waals surface area contributed by atoms with Crippen LogP contribution in [0.2, 0.25) is 5.02 Å². The van der Waals surface area contributed by atoms with E-state index in [4.69, 9.17) is 11.6 Å². The Morgan fingerprint density at radius 1 is 1.27 bits per heavy atom. The van der Waals surface area contributed by atoms with Crippen LogP contribution in [0.15, 0.2) is 47.7 Å². The number of nitrogens with zero attached hydrogens (tertiary/aromatic N) is 1. The van der Waals surface area contributed by atoms with Crippen LogP contribution in [0.3, 0.4) is 0 Å². The van der Waals surface area contributed by atoms with Crippen molar-refractivity contribution < 1.29 is 14.7 Å². The van der Waals surface area contributed by atoms with Crippen LogP contribution >= 0.6 is 11.6 Å². The van der Waals surface area contributed by atoms with Crippen LogP contribution in [0.1, 0.15) is 36.9 Å². The van der Waals surface area contributed by atoms with E-state index in [1.54, 1.807) is 31.2 Å². The molecular formula is C22H21ClN4O3. The fourth-order valence-electron chi connectivity index (χ4n) is 3.83. The van der Waals surface area contributed by atoms with Crippen molar-refractivity contribution in [2.24, 2.45) is 0 Å². The summed E-state index contributed by atoms with van der Waals surface area (Å²) in [5.74, 6) is -0.683. The number of anilines is 1. The predicted molar refractivity (Wildman–Crippen MR) is 115 cm³/mol. The van der Waals surface area contributed by atoms with E-state index in [1.807, 2.05) is 19.1 Å². The van der Waals surface area contributed by atoms with Gasteiger partial charge in [0.2, 0.25) is 11.8 Å². The molecule has 154 valence electrons. The number of aryl methyl sites for hydroxylation is 1. The number of fused-ring (bicyclic) bond motifs is 1. The zero-order chi connectivity index (χ0) is 21.4. The first-order chi connectivity index (χ1) is 14.3. The lowest BCUT2D eigenvalue weighted by Gasteiger charge is -2.28. The molecule has 2 amide bonds. The number of allylic oxidation sites excluding steroid dienone is 1. The average molecular weight is 425 g/mol. The third-order valence-electron chi connectivity index (χ3n) is 5.37. The third kappa shape index (κ3) is 3.89. The normalized spacial score (nSPS) is 16.6. The van der Waals surface area contributed by atoms with Crippen molar-refractivity contribution in [2.75, 3.05) is 5.32 Å². The Labute approximate surface area is 178 Å². The summed E-state index contributed by atoms with van der Waals surface area (Å²) in [6.45, 7) is 3.70. The smallest absolute Gasteiger partial charge is 0.228 e. The summed E-state index contributed by atoms with van der Waals surface area (Å²) in [5, 5.41) is 24.0. The Morgan fingerprint density at radius 3 is 2.83 bits per heavy atom. The van der Waals surface area contributed by atoms with Crippen molar-refractivity contribution in [3.05, 3.63) is 63.9 Å². The van der Waals surface area contributed by atoms with E-state index in [2.05, 4.69) is 20.8 Å². The number of amides is 2. The number of aromatic nitrogens is 2. The van der Waals surface area contributed by atoms with Gasteiger partial charge in [0.05, 0.1) is 17.0 Å². The maximum Gasteiger partial charge on any atom is 0.228 e. The summed E-state index contributed by atoms with van der Waals surface area (Å²) in [7, 11) is 0. The molecule has 0 saturated heterocycles. The van der Waals surface area contributed by atoms with E-state index in [0.717, 1.165) is 27.7 Å². The summed E-state index contributed by atoms with van der Waals surface area (Å²) in [5.41, 5.74) is 4.63. The van der Waals surface area contributed by atoms with Gasteiger partial charge in [-0.3, -0.25) is 14.7 Å². The number of hydrogen-bond acceptors (Lipinski definition) is 4. The third-order valence-corrected chi connectivity index (χ3v) is 5.69. The van der Waals surface area contributed by atoms with Gasteiger partial charge in [-0.1, -0.05) is 17.7 Å². The molecule has 0 aliphatic carbocycles. The van der Waals surface area contributed by atoms with Gasteiger partial charge in [-0.05, 0) is 55.3 Å². The van der Waals surface area contributed by atoms with Gasteiger partial charge < -0.3 is 15.7 Å². The van der Waals surface area contributed by atoms with Crippen molar-refractivity contribution in [1.82, 2.24) is 15.5 Å². The SMILES string of the molecule is CC1=C(CC(=O)Nc2ccc3n[nH]c(C)c3c2)C(c2ccc(Cl)c(O)c2)CC(=O)N1. The van der Waals surface area contributed by atoms with E-state index in [9.17, 15) is 14.7 Å². The van der Waals surface area contributed by atoms with Gasteiger partial charge in [-0.25, -0.2) is 0 Å². The van der Waals surface area contributed by atoms with Gasteiger partial charge >= 0.3 is 0 Å². The lowest BCUT2D eigenvalue weighted by atomic mass is 9.82. The first-order valence-electron chi connectivity index (χ1n) is 9.54. The molecule has 2 aromatic carbocycles. The van der Waals surface area contributed by atoms with Crippen LogP contribution in [0, 0.1) is 6.92 Å². The average Bonchev–Trinajstić information content (AvgIpc) is 3.06. The molecule has 0 spiro atoms. The predicted octanol–water partition coefficient (Wildman–Crippen LogP) is 4.14. The molecule has 1 unspecified atom stereocenters. The Morgan fingerprint density at radius 2 is 2.07 bits per heavy atom. The number of carbonyl (C=O) groups is 2. The van der Waals surface area contributed by atoms with Crippen LogP contribution in [0.4, 0.5) is 5.69 Å². The van der Waals surface area contributed by atoms with Gasteiger partial charge in [-0.2, -0.15) is 5.10 Å². The summed E-state index contributed by atoms with van der Waals surface area (Å²) in [6.07, 6.45) is 0.309. The molecule has 1 aromatic heterocycles. The largest absolute Gasteiger partial charge is 0.506 e. The lowest BCUT2D eigenvalue weighted by molar-refractivity contribution is -0.121. The second-order valence-electron chi connectivity index (χ2n) is 7.47. The minimum Gasteiger partial charge on any atom is -0.506 e. The first kappa shape index (κ1) is 20.0. The van der Waals surface area contributed by atoms with Gasteiger partial charge in [0, 0.05) is 34.8 Å². The van der Waals surface area contributed by atoms with Crippen LogP contribution in [-0.2, 0) is 9.59 Å². The molecule has 0 bridgehead atoms. The maximum atomic E-state index is 12.8. The van der Waals surface area contributed by atoms with Gasteiger partial charge in [0.25, 0.3) is 0 Å². The molecule has 0 fully saturated rings. The number of halogens is 1. The van der Waals surface area contributed by atoms with Gasteiger partial charge in [0.1, 0.15) is 5.75 Å². The highest BCUT2D eigenvalue weighted by Gasteiger charge is 2.29. The van der Waals surface area contributed by atoms with Crippen molar-refractivity contribution in [3.8, 4) is 5.75 Å². The molecule has 1 aliphatic rings. The number of phenols is 1. The monoisotopic (exact) mass is 424 g/mol. The molecule has 8 heteroatoms. The topological polar surface area (TPSA) is 107 Å². The van der Waals surface area contributed by atoms with E-state index < -0.39 is 0 Å². The van der Waals surface area contributed by atoms with E-state index in [0.29, 0.717) is 11.4 Å². The molecule has 30 heavy (non-hydrogen) atoms. The number of rotatable bonds is 4. The molecule has 2 heterocycles. The molecular weight excluding hydrogens is 404 g/mol. The molecule has 0 radical (unpaired) electrons. The number of aromatic amines is 1. The number of hydrogen-bond donors (Lipinski definition) is 4. The summed E-state index contributed by atoms with van der Waals surface area (Å²) in [4.78, 5) is 24.9. The number of benzene rings is 2. The highest BCUT2D eigenvalue weighted by atomic mass is 35.5. The molecule has 3 aromatic rings. The Bertz CT molecular complexity index is 1200. The highest BCUT2D eigenvalue weighted by Crippen LogP contribution is 2.37. The fraction of sp³-hybridized carbons (Fsp3) is 0.227. The van der Waals surface area contributed by atoms with Crippen LogP contribution in [0.5, 0.6) is 5.75 Å². The van der Waals surface area contributed by atoms with Crippen LogP contribution in [-0.4, -0.2) is 27.1 Å². The highest BCUT2D eigenvalue weighted by molar-refractivity contribution is 6.32. The van der Waals surface area contributed by atoms with Crippen molar-refractivity contribution in [3.63, 3.8) is 0 Å². The number of H-pyrrole nitrogens is 1. The summed E-state index contributed by atoms with van der Waals surface area (Å²) < 4.78 is 0. The summed E-state index contributed by atoms with van der Waals surface area (Å²) >= 11 is 5.92. The number of aromatic hydroxyl groups is 1.